The van der Waals surface area contributed by atoms with Crippen LogP contribution >= 0.6 is 0 Å². The van der Waals surface area contributed by atoms with Gasteiger partial charge >= 0.3 is 0 Å². The van der Waals surface area contributed by atoms with Crippen LogP contribution in [0.25, 0.3) is 0 Å². The number of nitrogen functional groups attached to an aromatic ring is 1. The van der Waals surface area contributed by atoms with E-state index in [4.69, 9.17) is 5.73 Å². The molecule has 6 nitrogen and oxygen atoms in total. The Balaban J connectivity index is 1.76. The van der Waals surface area contributed by atoms with Crippen LogP contribution < -0.4 is 10.3 Å². The van der Waals surface area contributed by atoms with E-state index in [0.717, 1.165) is 11.3 Å². The molecule has 0 saturated carbocycles. The van der Waals surface area contributed by atoms with Crippen molar-refractivity contribution in [1.82, 2.24) is 9.78 Å². The number of azo groups is 1. The lowest BCUT2D eigenvalue weighted by Crippen LogP contribution is -2.26. The molecule has 0 fully saturated rings. The van der Waals surface area contributed by atoms with Crippen molar-refractivity contribution in [3.05, 3.63) is 66.1 Å². The third kappa shape index (κ3) is 3.60. The number of nitrogens with two attached hydrogens (primary N) is 1. The Labute approximate surface area is 134 Å². The molecule has 0 saturated heterocycles. The van der Waals surface area contributed by atoms with E-state index < -0.39 is 0 Å². The van der Waals surface area contributed by atoms with Crippen LogP contribution in [-0.2, 0) is 13.6 Å². The standard InChI is InChI=1S/C17H19N6/c1-13-3-5-15(6-4-13)20-21-16-11-19-23(17(16)18)12-14-7-9-22(2)10-8-14/h3-11H,12,18H2,1-2H3/q+1. The fourth-order valence-electron chi connectivity index (χ4n) is 2.12. The van der Waals surface area contributed by atoms with Crippen molar-refractivity contribution in [3.8, 4) is 0 Å². The Morgan fingerprint density at radius 3 is 2.48 bits per heavy atom. The Morgan fingerprint density at radius 2 is 1.78 bits per heavy atom. The lowest BCUT2D eigenvalue weighted by Gasteiger charge is -2.03. The van der Waals surface area contributed by atoms with E-state index in [-0.39, 0.29) is 0 Å². The van der Waals surface area contributed by atoms with Crippen molar-refractivity contribution < 1.29 is 4.57 Å². The Bertz CT molecular complexity index is 815. The monoisotopic (exact) mass is 307 g/mol. The second kappa shape index (κ2) is 6.39. The maximum atomic E-state index is 6.11. The molecule has 2 aromatic heterocycles. The van der Waals surface area contributed by atoms with E-state index in [1.165, 1.54) is 5.56 Å². The smallest absolute Gasteiger partial charge is 0.168 e. The van der Waals surface area contributed by atoms with Gasteiger partial charge in [0.2, 0.25) is 0 Å². The van der Waals surface area contributed by atoms with Crippen molar-refractivity contribution >= 4 is 17.2 Å². The second-order valence-corrected chi connectivity index (χ2v) is 5.48. The van der Waals surface area contributed by atoms with Crippen LogP contribution in [0.2, 0.25) is 0 Å². The summed E-state index contributed by atoms with van der Waals surface area (Å²) in [5.41, 5.74) is 9.79. The third-order valence-corrected chi connectivity index (χ3v) is 3.55. The molecule has 0 spiro atoms. The first-order chi connectivity index (χ1) is 11.1. The number of hydrogen-bond donors (Lipinski definition) is 1. The predicted molar refractivity (Wildman–Crippen MR) is 88.7 cm³/mol. The Morgan fingerprint density at radius 1 is 1.09 bits per heavy atom. The van der Waals surface area contributed by atoms with Crippen molar-refractivity contribution in [3.63, 3.8) is 0 Å². The zero-order chi connectivity index (χ0) is 16.2. The Hall–Kier alpha value is -3.02. The summed E-state index contributed by atoms with van der Waals surface area (Å²) >= 11 is 0. The fraction of sp³-hybridized carbons (Fsp3) is 0.176. The minimum absolute atomic E-state index is 0.508. The maximum absolute atomic E-state index is 6.11. The predicted octanol–water partition coefficient (Wildman–Crippen LogP) is 3.06. The highest BCUT2D eigenvalue weighted by Gasteiger charge is 2.08. The van der Waals surface area contributed by atoms with Crippen LogP contribution in [0, 0.1) is 6.92 Å². The molecule has 2 heterocycles. The van der Waals surface area contributed by atoms with Crippen LogP contribution in [0.15, 0.2) is 65.2 Å². The van der Waals surface area contributed by atoms with Crippen LogP contribution in [0.3, 0.4) is 0 Å². The van der Waals surface area contributed by atoms with Gasteiger partial charge in [-0.2, -0.15) is 10.2 Å². The summed E-state index contributed by atoms with van der Waals surface area (Å²) in [5, 5.41) is 12.7. The molecule has 3 aromatic rings. The van der Waals surface area contributed by atoms with Gasteiger partial charge in [-0.15, -0.1) is 5.11 Å². The van der Waals surface area contributed by atoms with Crippen molar-refractivity contribution in [1.29, 1.82) is 0 Å². The highest BCUT2D eigenvalue weighted by molar-refractivity contribution is 5.56. The summed E-state index contributed by atoms with van der Waals surface area (Å²) in [6.07, 6.45) is 5.62. The summed E-state index contributed by atoms with van der Waals surface area (Å²) in [6.45, 7) is 2.64. The van der Waals surface area contributed by atoms with Crippen LogP contribution in [0.4, 0.5) is 17.2 Å². The first kappa shape index (κ1) is 14.9. The van der Waals surface area contributed by atoms with Gasteiger partial charge in [0.15, 0.2) is 12.4 Å². The number of anilines is 1. The maximum Gasteiger partial charge on any atom is 0.168 e. The van der Waals surface area contributed by atoms with Crippen molar-refractivity contribution in [2.45, 2.75) is 13.5 Å². The van der Waals surface area contributed by atoms with Gasteiger partial charge in [0.05, 0.1) is 18.4 Å². The van der Waals surface area contributed by atoms with Gasteiger partial charge < -0.3 is 5.73 Å². The average Bonchev–Trinajstić information content (AvgIpc) is 2.90. The van der Waals surface area contributed by atoms with Crippen LogP contribution in [0.5, 0.6) is 0 Å². The lowest BCUT2D eigenvalue weighted by atomic mass is 10.2. The van der Waals surface area contributed by atoms with E-state index in [9.17, 15) is 0 Å². The minimum Gasteiger partial charge on any atom is -0.382 e. The van der Waals surface area contributed by atoms with Crippen molar-refractivity contribution in [2.75, 3.05) is 5.73 Å². The summed E-state index contributed by atoms with van der Waals surface area (Å²) in [6, 6.07) is 11.9. The van der Waals surface area contributed by atoms with Gasteiger partial charge in [0.25, 0.3) is 0 Å². The number of benzene rings is 1. The first-order valence-corrected chi connectivity index (χ1v) is 7.36. The van der Waals surface area contributed by atoms with E-state index >= 15 is 0 Å². The molecule has 23 heavy (non-hydrogen) atoms. The van der Waals surface area contributed by atoms with E-state index in [1.54, 1.807) is 10.9 Å². The van der Waals surface area contributed by atoms with Gasteiger partial charge in [-0.1, -0.05) is 17.7 Å². The summed E-state index contributed by atoms with van der Waals surface area (Å²) in [7, 11) is 1.98. The number of aryl methyl sites for hydroxylation is 2. The number of rotatable bonds is 4. The first-order valence-electron chi connectivity index (χ1n) is 7.36. The highest BCUT2D eigenvalue weighted by Crippen LogP contribution is 2.24. The molecule has 0 aliphatic carbocycles. The topological polar surface area (TPSA) is 72.4 Å². The van der Waals surface area contributed by atoms with Gasteiger partial charge in [-0.05, 0) is 24.6 Å². The molecular weight excluding hydrogens is 288 g/mol. The van der Waals surface area contributed by atoms with Gasteiger partial charge in [-0.25, -0.2) is 9.25 Å². The highest BCUT2D eigenvalue weighted by atomic mass is 15.3. The molecular formula is C17H19N6+. The van der Waals surface area contributed by atoms with Crippen LogP contribution in [-0.4, -0.2) is 9.78 Å². The quantitative estimate of drug-likeness (QED) is 0.594. The molecule has 0 amide bonds. The normalized spacial score (nSPS) is 11.2. The average molecular weight is 307 g/mol. The molecule has 6 heteroatoms. The molecule has 116 valence electrons. The summed E-state index contributed by atoms with van der Waals surface area (Å²) in [4.78, 5) is 0. The number of aromatic nitrogens is 3. The number of hydrogen-bond acceptors (Lipinski definition) is 4. The lowest BCUT2D eigenvalue weighted by molar-refractivity contribution is -0.671. The largest absolute Gasteiger partial charge is 0.382 e. The van der Waals surface area contributed by atoms with Gasteiger partial charge in [0, 0.05) is 12.1 Å². The molecule has 1 aromatic carbocycles. The molecule has 2 N–H and O–H groups in total. The molecule has 0 radical (unpaired) electrons. The van der Waals surface area contributed by atoms with Gasteiger partial charge in [0.1, 0.15) is 18.6 Å². The van der Waals surface area contributed by atoms with Gasteiger partial charge in [-0.3, -0.25) is 0 Å². The van der Waals surface area contributed by atoms with E-state index in [1.807, 2.05) is 67.3 Å². The van der Waals surface area contributed by atoms with Crippen molar-refractivity contribution in [2.24, 2.45) is 17.3 Å². The van der Waals surface area contributed by atoms with Crippen LogP contribution in [0.1, 0.15) is 11.1 Å². The molecule has 3 rings (SSSR count). The number of pyridine rings is 1. The summed E-state index contributed by atoms with van der Waals surface area (Å²) < 4.78 is 3.70. The Kier molecular flexibility index (Phi) is 4.14. The zero-order valence-corrected chi connectivity index (χ0v) is 13.2. The minimum atomic E-state index is 0.508. The SMILES string of the molecule is Cc1ccc(N=Nc2cnn(Cc3cc[n+](C)cc3)c2N)cc1. The third-order valence-electron chi connectivity index (χ3n) is 3.55. The molecule has 0 bridgehead atoms. The van der Waals surface area contributed by atoms with E-state index in [2.05, 4.69) is 15.3 Å². The fourth-order valence-corrected chi connectivity index (χ4v) is 2.12. The molecule has 0 atom stereocenters. The molecule has 0 unspecified atom stereocenters. The summed E-state index contributed by atoms with van der Waals surface area (Å²) in [5.74, 6) is 0.508. The van der Waals surface area contributed by atoms with E-state index in [0.29, 0.717) is 18.1 Å². The molecule has 0 aliphatic heterocycles. The molecule has 0 aliphatic rings. The second-order valence-electron chi connectivity index (χ2n) is 5.48. The number of nitrogens with zero attached hydrogens (tertiary/aromatic N) is 5. The zero-order valence-electron chi connectivity index (χ0n) is 13.2.